The lowest BCUT2D eigenvalue weighted by molar-refractivity contribution is -0.136. The maximum atomic E-state index is 12.6. The van der Waals surface area contributed by atoms with E-state index in [4.69, 9.17) is 4.74 Å². The normalized spacial score (nSPS) is 22.2. The molecule has 1 aliphatic heterocycles. The van der Waals surface area contributed by atoms with E-state index in [2.05, 4.69) is 12.2 Å². The van der Waals surface area contributed by atoms with Crippen LogP contribution in [0, 0.1) is 5.92 Å². The van der Waals surface area contributed by atoms with E-state index in [1.807, 2.05) is 25.7 Å². The molecule has 1 fully saturated rings. The molecule has 0 radical (unpaired) electrons. The average Bonchev–Trinajstić information content (AvgIpc) is 3.07. The molecule has 0 aromatic carbocycles. The lowest BCUT2D eigenvalue weighted by Crippen LogP contribution is -2.46. The topological polar surface area (TPSA) is 49.9 Å². The van der Waals surface area contributed by atoms with Gasteiger partial charge in [-0.1, -0.05) is 12.2 Å². The van der Waals surface area contributed by atoms with Crippen LogP contribution in [0.4, 0.5) is 4.79 Å². The van der Waals surface area contributed by atoms with Gasteiger partial charge in [0.2, 0.25) is 5.91 Å². The molecule has 1 heterocycles. The maximum absolute atomic E-state index is 12.6. The molecule has 2 aliphatic rings. The summed E-state index contributed by atoms with van der Waals surface area (Å²) in [6, 6.07) is 0.116. The Hall–Kier alpha value is -1.52. The van der Waals surface area contributed by atoms with Gasteiger partial charge in [0.1, 0.15) is 5.60 Å². The summed E-state index contributed by atoms with van der Waals surface area (Å²) in [4.78, 5) is 28.2. The van der Waals surface area contributed by atoms with Crippen molar-refractivity contribution >= 4 is 12.0 Å². The Balaban J connectivity index is 1.90. The van der Waals surface area contributed by atoms with E-state index >= 15 is 0 Å². The zero-order chi connectivity index (χ0) is 16.3. The van der Waals surface area contributed by atoms with E-state index in [-0.39, 0.29) is 24.0 Å². The molecule has 0 aromatic rings. The molecule has 2 amide bonds. The molecule has 22 heavy (non-hydrogen) atoms. The predicted molar refractivity (Wildman–Crippen MR) is 85.5 cm³/mol. The van der Waals surface area contributed by atoms with Crippen LogP contribution in [-0.2, 0) is 9.53 Å². The van der Waals surface area contributed by atoms with Crippen molar-refractivity contribution in [1.29, 1.82) is 0 Å². The number of ether oxygens (including phenoxy) is 1. The van der Waals surface area contributed by atoms with E-state index in [9.17, 15) is 9.59 Å². The number of amides is 2. The molecule has 0 saturated carbocycles. The molecule has 1 saturated heterocycles. The maximum Gasteiger partial charge on any atom is 0.410 e. The summed E-state index contributed by atoms with van der Waals surface area (Å²) in [5.41, 5.74) is -0.494. The van der Waals surface area contributed by atoms with E-state index in [0.717, 1.165) is 32.2 Å². The van der Waals surface area contributed by atoms with Crippen molar-refractivity contribution < 1.29 is 14.3 Å². The van der Waals surface area contributed by atoms with Gasteiger partial charge in [0.15, 0.2) is 0 Å². The third-order valence-electron chi connectivity index (χ3n) is 4.21. The molecule has 5 nitrogen and oxygen atoms in total. The zero-order valence-electron chi connectivity index (χ0n) is 14.2. The van der Waals surface area contributed by atoms with Crippen LogP contribution < -0.4 is 0 Å². The number of carbonyl (C=O) groups is 2. The third kappa shape index (κ3) is 4.24. The SMILES string of the molecule is CN(C[C@@H]1CCCN1C(=O)C1CC=CC1)C(=O)OC(C)(C)C. The first-order chi connectivity index (χ1) is 10.3. The summed E-state index contributed by atoms with van der Waals surface area (Å²) in [7, 11) is 1.74. The van der Waals surface area contributed by atoms with Gasteiger partial charge in [-0.15, -0.1) is 0 Å². The Morgan fingerprint density at radius 3 is 2.50 bits per heavy atom. The molecule has 0 bridgehead atoms. The number of rotatable bonds is 3. The van der Waals surface area contributed by atoms with Gasteiger partial charge in [0, 0.05) is 32.1 Å². The van der Waals surface area contributed by atoms with Gasteiger partial charge in [0.25, 0.3) is 0 Å². The number of nitrogens with zero attached hydrogens (tertiary/aromatic N) is 2. The summed E-state index contributed by atoms with van der Waals surface area (Å²) in [6.07, 6.45) is 7.52. The van der Waals surface area contributed by atoms with Crippen molar-refractivity contribution in [3.05, 3.63) is 12.2 Å². The number of hydrogen-bond acceptors (Lipinski definition) is 3. The second-order valence-electron chi connectivity index (χ2n) is 7.33. The first-order valence-corrected chi connectivity index (χ1v) is 8.17. The fourth-order valence-corrected chi connectivity index (χ4v) is 3.10. The highest BCUT2D eigenvalue weighted by Gasteiger charge is 2.34. The first-order valence-electron chi connectivity index (χ1n) is 8.17. The highest BCUT2D eigenvalue weighted by atomic mass is 16.6. The van der Waals surface area contributed by atoms with Crippen LogP contribution >= 0.6 is 0 Å². The van der Waals surface area contributed by atoms with Gasteiger partial charge in [-0.25, -0.2) is 4.79 Å². The molecule has 1 atom stereocenters. The second kappa shape index (κ2) is 6.71. The highest BCUT2D eigenvalue weighted by molar-refractivity contribution is 5.80. The number of carbonyl (C=O) groups excluding carboxylic acids is 2. The van der Waals surface area contributed by atoms with E-state index in [1.165, 1.54) is 0 Å². The summed E-state index contributed by atoms with van der Waals surface area (Å²) in [5.74, 6) is 0.345. The lowest BCUT2D eigenvalue weighted by Gasteiger charge is -2.31. The number of allylic oxidation sites excluding steroid dienone is 2. The standard InChI is InChI=1S/C17H28N2O3/c1-17(2,3)22-16(21)18(4)12-14-10-7-11-19(14)15(20)13-8-5-6-9-13/h5-6,13-14H,7-12H2,1-4H3/t14-/m0/s1. The molecule has 1 aliphatic carbocycles. The van der Waals surface area contributed by atoms with Crippen molar-refractivity contribution in [3.8, 4) is 0 Å². The van der Waals surface area contributed by atoms with Gasteiger partial charge < -0.3 is 14.5 Å². The Bertz CT molecular complexity index is 445. The van der Waals surface area contributed by atoms with Crippen LogP contribution in [0.15, 0.2) is 12.2 Å². The zero-order valence-corrected chi connectivity index (χ0v) is 14.2. The van der Waals surface area contributed by atoms with Gasteiger partial charge in [-0.3, -0.25) is 4.79 Å². The molecule has 0 unspecified atom stereocenters. The first kappa shape index (κ1) is 16.8. The van der Waals surface area contributed by atoms with Gasteiger partial charge >= 0.3 is 6.09 Å². The number of likely N-dealkylation sites (N-methyl/N-ethyl adjacent to an activating group) is 1. The Morgan fingerprint density at radius 1 is 1.27 bits per heavy atom. The quantitative estimate of drug-likeness (QED) is 0.753. The molecule has 124 valence electrons. The van der Waals surface area contributed by atoms with E-state index in [0.29, 0.717) is 6.54 Å². The summed E-state index contributed by atoms with van der Waals surface area (Å²) >= 11 is 0. The summed E-state index contributed by atoms with van der Waals surface area (Å²) in [6.45, 7) is 6.93. The van der Waals surface area contributed by atoms with Crippen LogP contribution in [0.25, 0.3) is 0 Å². The molecule has 5 heteroatoms. The van der Waals surface area contributed by atoms with Crippen LogP contribution in [-0.4, -0.2) is 53.6 Å². The number of hydrogen-bond donors (Lipinski definition) is 0. The number of likely N-dealkylation sites (tertiary alicyclic amines) is 1. The minimum absolute atomic E-state index is 0.104. The molecular weight excluding hydrogens is 280 g/mol. The van der Waals surface area contributed by atoms with Crippen LogP contribution in [0.1, 0.15) is 46.5 Å². The third-order valence-corrected chi connectivity index (χ3v) is 4.21. The van der Waals surface area contributed by atoms with E-state index < -0.39 is 5.60 Å². The van der Waals surface area contributed by atoms with Crippen molar-refractivity contribution in [2.24, 2.45) is 5.92 Å². The second-order valence-corrected chi connectivity index (χ2v) is 7.33. The molecule has 0 aromatic heterocycles. The van der Waals surface area contributed by atoms with Crippen LogP contribution in [0.5, 0.6) is 0 Å². The largest absolute Gasteiger partial charge is 0.444 e. The van der Waals surface area contributed by atoms with Gasteiger partial charge in [0.05, 0.1) is 0 Å². The van der Waals surface area contributed by atoms with Crippen LogP contribution in [0.2, 0.25) is 0 Å². The predicted octanol–water partition coefficient (Wildman–Crippen LogP) is 2.81. The van der Waals surface area contributed by atoms with Crippen molar-refractivity contribution in [1.82, 2.24) is 9.80 Å². The van der Waals surface area contributed by atoms with Crippen molar-refractivity contribution in [3.63, 3.8) is 0 Å². The minimum atomic E-state index is -0.494. The fraction of sp³-hybridized carbons (Fsp3) is 0.765. The summed E-state index contributed by atoms with van der Waals surface area (Å²) < 4.78 is 5.38. The smallest absolute Gasteiger partial charge is 0.410 e. The Kier molecular flexibility index (Phi) is 5.14. The Morgan fingerprint density at radius 2 is 1.91 bits per heavy atom. The monoisotopic (exact) mass is 308 g/mol. The molecular formula is C17H28N2O3. The summed E-state index contributed by atoms with van der Waals surface area (Å²) in [5, 5.41) is 0. The van der Waals surface area contributed by atoms with Crippen molar-refractivity contribution in [2.75, 3.05) is 20.1 Å². The fourth-order valence-electron chi connectivity index (χ4n) is 3.10. The van der Waals surface area contributed by atoms with Gasteiger partial charge in [-0.05, 0) is 46.5 Å². The average molecular weight is 308 g/mol. The molecule has 2 rings (SSSR count). The van der Waals surface area contributed by atoms with E-state index in [1.54, 1.807) is 11.9 Å². The molecule has 0 spiro atoms. The minimum Gasteiger partial charge on any atom is -0.444 e. The Labute approximate surface area is 133 Å². The lowest BCUT2D eigenvalue weighted by atomic mass is 10.1. The van der Waals surface area contributed by atoms with Crippen molar-refractivity contribution in [2.45, 2.75) is 58.1 Å². The molecule has 0 N–H and O–H groups in total. The van der Waals surface area contributed by atoms with Gasteiger partial charge in [-0.2, -0.15) is 0 Å². The van der Waals surface area contributed by atoms with Crippen LogP contribution in [0.3, 0.4) is 0 Å². The highest BCUT2D eigenvalue weighted by Crippen LogP contribution is 2.26.